The second kappa shape index (κ2) is 7.38. The number of nitrogens with zero attached hydrogens (tertiary/aromatic N) is 1. The van der Waals surface area contributed by atoms with Crippen LogP contribution in [0.5, 0.6) is 0 Å². The number of carbonyl (C=O) groups is 1. The van der Waals surface area contributed by atoms with E-state index in [1.807, 2.05) is 12.1 Å². The molecule has 0 radical (unpaired) electrons. The van der Waals surface area contributed by atoms with E-state index in [1.165, 1.54) is 0 Å². The lowest BCUT2D eigenvalue weighted by atomic mass is 9.76. The molecule has 2 atom stereocenters. The summed E-state index contributed by atoms with van der Waals surface area (Å²) < 4.78 is 6.31. The number of amides is 1. The average molecular weight is 400 g/mol. The van der Waals surface area contributed by atoms with Crippen molar-refractivity contribution in [2.45, 2.75) is 70.2 Å². The van der Waals surface area contributed by atoms with Crippen LogP contribution in [-0.2, 0) is 4.74 Å². The largest absolute Gasteiger partial charge is 0.377 e. The zero-order valence-corrected chi connectivity index (χ0v) is 17.8. The lowest BCUT2D eigenvalue weighted by Crippen LogP contribution is -2.58. The zero-order valence-electron chi connectivity index (χ0n) is 17.8. The van der Waals surface area contributed by atoms with Gasteiger partial charge in [-0.15, -0.1) is 0 Å². The zero-order chi connectivity index (χ0) is 20.8. The first-order valence-electron chi connectivity index (χ1n) is 10.5. The second-order valence-corrected chi connectivity index (χ2v) is 10.0. The van der Waals surface area contributed by atoms with Crippen LogP contribution in [0.25, 0.3) is 11.0 Å². The van der Waals surface area contributed by atoms with Gasteiger partial charge in [-0.3, -0.25) is 4.79 Å². The summed E-state index contributed by atoms with van der Waals surface area (Å²) in [5, 5.41) is 7.24. The average Bonchev–Trinajstić information content (AvgIpc) is 3.23. The van der Waals surface area contributed by atoms with E-state index in [0.29, 0.717) is 17.0 Å². The molecule has 0 aliphatic carbocycles. The molecule has 29 heavy (non-hydrogen) atoms. The van der Waals surface area contributed by atoms with Gasteiger partial charge in [-0.1, -0.05) is 6.07 Å². The van der Waals surface area contributed by atoms with Crippen LogP contribution in [0.2, 0.25) is 0 Å². The maximum absolute atomic E-state index is 11.7. The molecule has 2 aromatic rings. The number of benzene rings is 1. The topological polar surface area (TPSA) is 105 Å². The first-order valence-corrected chi connectivity index (χ1v) is 10.5. The van der Waals surface area contributed by atoms with Crippen LogP contribution in [0.15, 0.2) is 18.2 Å². The fourth-order valence-electron chi connectivity index (χ4n) is 5.38. The Morgan fingerprint density at radius 2 is 1.97 bits per heavy atom. The number of piperidine rings is 1. The van der Waals surface area contributed by atoms with E-state index in [4.69, 9.17) is 10.5 Å². The van der Waals surface area contributed by atoms with Crippen LogP contribution in [0.1, 0.15) is 69.2 Å². The van der Waals surface area contributed by atoms with Crippen LogP contribution in [0.3, 0.4) is 0 Å². The summed E-state index contributed by atoms with van der Waals surface area (Å²) in [6.07, 6.45) is 3.28. The van der Waals surface area contributed by atoms with Gasteiger partial charge >= 0.3 is 0 Å². The van der Waals surface area contributed by atoms with Crippen LogP contribution in [0.4, 0.5) is 0 Å². The molecule has 1 aromatic carbocycles. The number of primary amides is 1. The van der Waals surface area contributed by atoms with Gasteiger partial charge in [0.2, 0.25) is 0 Å². The van der Waals surface area contributed by atoms with E-state index in [1.54, 1.807) is 6.07 Å². The van der Waals surface area contributed by atoms with Crippen molar-refractivity contribution < 1.29 is 9.53 Å². The Balaban J connectivity index is 1.38. The molecule has 4 rings (SSSR count). The summed E-state index contributed by atoms with van der Waals surface area (Å²) in [5.41, 5.74) is 7.68. The molecule has 2 aliphatic rings. The van der Waals surface area contributed by atoms with Crippen molar-refractivity contribution in [3.05, 3.63) is 29.6 Å². The molecule has 3 heterocycles. The molecule has 2 fully saturated rings. The molecule has 158 valence electrons. The Hall–Kier alpha value is -1.96. The minimum Gasteiger partial charge on any atom is -0.377 e. The van der Waals surface area contributed by atoms with Crippen molar-refractivity contribution in [1.29, 1.82) is 0 Å². The van der Waals surface area contributed by atoms with Gasteiger partial charge in [-0.2, -0.15) is 0 Å². The normalized spacial score (nSPS) is 26.8. The molecule has 0 spiro atoms. The predicted octanol–water partition coefficient (Wildman–Crippen LogP) is 2.64. The molecule has 5 N–H and O–H groups in total. The Morgan fingerprint density at radius 1 is 1.24 bits per heavy atom. The summed E-state index contributed by atoms with van der Waals surface area (Å²) in [6.45, 7) is 10.7. The molecular weight excluding hydrogens is 366 g/mol. The molecule has 0 saturated carbocycles. The number of hydrogen-bond donors (Lipinski definition) is 4. The van der Waals surface area contributed by atoms with Crippen LogP contribution in [-0.4, -0.2) is 46.2 Å². The van der Waals surface area contributed by atoms with Crippen LogP contribution < -0.4 is 16.4 Å². The number of rotatable bonds is 5. The molecule has 7 heteroatoms. The SMILES string of the molecule is CC1(C)CC(COC2CNC(c3nc4c(C(N)=O)cccc4[nH]3)C2)CC(C)(C)N1. The maximum atomic E-state index is 11.7. The van der Waals surface area contributed by atoms with Crippen molar-refractivity contribution in [3.63, 3.8) is 0 Å². The standard InChI is InChI=1S/C22H33N5O2/c1-21(2)9-13(10-22(3,4)27-21)12-29-14-8-17(24-11-14)20-25-16-7-5-6-15(19(23)28)18(16)26-20/h5-7,13-14,17,24,27H,8-12H2,1-4H3,(H2,23,28)(H,25,26). The van der Waals surface area contributed by atoms with Crippen molar-refractivity contribution >= 4 is 16.9 Å². The number of carbonyl (C=O) groups excluding carboxylic acids is 1. The number of aromatic nitrogens is 2. The highest BCUT2D eigenvalue weighted by Gasteiger charge is 2.38. The number of nitrogens with two attached hydrogens (primary N) is 1. The van der Waals surface area contributed by atoms with Crippen LogP contribution in [0, 0.1) is 5.92 Å². The summed E-state index contributed by atoms with van der Waals surface area (Å²) in [5.74, 6) is 0.940. The molecule has 2 aliphatic heterocycles. The first-order chi connectivity index (χ1) is 13.6. The first kappa shape index (κ1) is 20.3. The van der Waals surface area contributed by atoms with Gasteiger partial charge in [0.25, 0.3) is 5.91 Å². The van der Waals surface area contributed by atoms with Crippen LogP contribution >= 0.6 is 0 Å². The van der Waals surface area contributed by atoms with E-state index >= 15 is 0 Å². The third kappa shape index (κ3) is 4.47. The number of hydrogen-bond acceptors (Lipinski definition) is 5. The fraction of sp³-hybridized carbons (Fsp3) is 0.636. The maximum Gasteiger partial charge on any atom is 0.250 e. The summed E-state index contributed by atoms with van der Waals surface area (Å²) in [6, 6.07) is 5.54. The Bertz CT molecular complexity index is 888. The molecule has 0 bridgehead atoms. The van der Waals surface area contributed by atoms with E-state index in [2.05, 4.69) is 48.3 Å². The highest BCUT2D eigenvalue weighted by molar-refractivity contribution is 6.04. The number of imidazole rings is 1. The van der Waals surface area contributed by atoms with Gasteiger partial charge in [0, 0.05) is 24.2 Å². The van der Waals surface area contributed by atoms with Gasteiger partial charge in [0.05, 0.1) is 23.2 Å². The van der Waals surface area contributed by atoms with E-state index < -0.39 is 5.91 Å². The number of H-pyrrole nitrogens is 1. The van der Waals surface area contributed by atoms with Gasteiger partial charge in [0.1, 0.15) is 11.3 Å². The number of aromatic amines is 1. The van der Waals surface area contributed by atoms with Gasteiger partial charge in [-0.05, 0) is 65.0 Å². The van der Waals surface area contributed by atoms with Gasteiger partial charge in [0.15, 0.2) is 0 Å². The third-order valence-electron chi connectivity index (χ3n) is 6.06. The fourth-order valence-corrected chi connectivity index (χ4v) is 5.38. The summed E-state index contributed by atoms with van der Waals surface area (Å²) in [7, 11) is 0. The summed E-state index contributed by atoms with van der Waals surface area (Å²) >= 11 is 0. The van der Waals surface area contributed by atoms with E-state index in [-0.39, 0.29) is 23.2 Å². The highest BCUT2D eigenvalue weighted by Crippen LogP contribution is 2.34. The van der Waals surface area contributed by atoms with Gasteiger partial charge < -0.3 is 26.1 Å². The Kier molecular flexibility index (Phi) is 5.17. The minimum absolute atomic E-state index is 0.0917. The third-order valence-corrected chi connectivity index (χ3v) is 6.06. The Labute approximate surface area is 172 Å². The number of ether oxygens (including phenoxy) is 1. The highest BCUT2D eigenvalue weighted by atomic mass is 16.5. The smallest absolute Gasteiger partial charge is 0.250 e. The summed E-state index contributed by atoms with van der Waals surface area (Å²) in [4.78, 5) is 19.6. The molecule has 2 saturated heterocycles. The number of fused-ring (bicyclic) bond motifs is 1. The molecule has 7 nitrogen and oxygen atoms in total. The molecule has 1 amide bonds. The molecule has 2 unspecified atom stereocenters. The monoisotopic (exact) mass is 399 g/mol. The quantitative estimate of drug-likeness (QED) is 0.619. The van der Waals surface area contributed by atoms with E-state index in [0.717, 1.165) is 43.8 Å². The lowest BCUT2D eigenvalue weighted by molar-refractivity contribution is 0.00470. The predicted molar refractivity (Wildman–Crippen MR) is 114 cm³/mol. The lowest BCUT2D eigenvalue weighted by Gasteiger charge is -2.46. The van der Waals surface area contributed by atoms with E-state index in [9.17, 15) is 4.79 Å². The molecular formula is C22H33N5O2. The Morgan fingerprint density at radius 3 is 2.66 bits per heavy atom. The van der Waals surface area contributed by atoms with Gasteiger partial charge in [-0.25, -0.2) is 4.98 Å². The van der Waals surface area contributed by atoms with Crippen molar-refractivity contribution in [2.75, 3.05) is 13.2 Å². The van der Waals surface area contributed by atoms with Crippen molar-refractivity contribution in [3.8, 4) is 0 Å². The molecule has 1 aromatic heterocycles. The second-order valence-electron chi connectivity index (χ2n) is 10.0. The number of nitrogens with one attached hydrogen (secondary N) is 3. The van der Waals surface area contributed by atoms with Crippen molar-refractivity contribution in [1.82, 2.24) is 20.6 Å². The van der Waals surface area contributed by atoms with Crippen molar-refractivity contribution in [2.24, 2.45) is 11.7 Å². The minimum atomic E-state index is -0.456. The number of para-hydroxylation sites is 1.